The van der Waals surface area contributed by atoms with E-state index >= 15 is 0 Å². The number of amides is 2. The van der Waals surface area contributed by atoms with E-state index in [1.54, 1.807) is 12.0 Å². The van der Waals surface area contributed by atoms with Crippen molar-refractivity contribution in [1.82, 2.24) is 9.80 Å². The largest absolute Gasteiger partial charge is 0.497 e. The smallest absolute Gasteiger partial charge is 0.228 e. The summed E-state index contributed by atoms with van der Waals surface area (Å²) >= 11 is 0. The summed E-state index contributed by atoms with van der Waals surface area (Å²) in [4.78, 5) is 29.3. The lowest BCUT2D eigenvalue weighted by Gasteiger charge is -2.40. The number of ether oxygens (including phenoxy) is 1. The van der Waals surface area contributed by atoms with Crippen molar-refractivity contribution < 1.29 is 14.3 Å². The zero-order chi connectivity index (χ0) is 17.8. The third-order valence-corrected chi connectivity index (χ3v) is 5.55. The van der Waals surface area contributed by atoms with Crippen molar-refractivity contribution in [1.29, 1.82) is 0 Å². The molecule has 0 spiro atoms. The molecule has 3 rings (SSSR count). The Morgan fingerprint density at radius 2 is 1.72 bits per heavy atom. The van der Waals surface area contributed by atoms with E-state index in [9.17, 15) is 9.59 Å². The van der Waals surface area contributed by atoms with Crippen LogP contribution in [0.15, 0.2) is 24.3 Å². The number of nitrogens with zero attached hydrogens (tertiary/aromatic N) is 2. The molecule has 2 fully saturated rings. The van der Waals surface area contributed by atoms with E-state index in [-0.39, 0.29) is 23.8 Å². The monoisotopic (exact) mass is 344 g/mol. The topological polar surface area (TPSA) is 49.9 Å². The number of carbonyl (C=O) groups excluding carboxylic acids is 2. The van der Waals surface area contributed by atoms with Gasteiger partial charge in [0.2, 0.25) is 11.8 Å². The molecule has 0 saturated carbocycles. The molecule has 2 saturated heterocycles. The summed E-state index contributed by atoms with van der Waals surface area (Å²) in [5.41, 5.74) is 1.00. The van der Waals surface area contributed by atoms with E-state index in [0.717, 1.165) is 37.2 Å². The summed E-state index contributed by atoms with van der Waals surface area (Å²) in [6.45, 7) is 1.70. The van der Waals surface area contributed by atoms with Crippen LogP contribution in [0.2, 0.25) is 0 Å². The number of hydrogen-bond donors (Lipinski definition) is 0. The Morgan fingerprint density at radius 3 is 2.32 bits per heavy atom. The highest BCUT2D eigenvalue weighted by Gasteiger charge is 2.40. The highest BCUT2D eigenvalue weighted by atomic mass is 16.5. The minimum absolute atomic E-state index is 0.112. The van der Waals surface area contributed by atoms with Crippen molar-refractivity contribution in [2.75, 3.05) is 27.2 Å². The molecule has 1 aromatic carbocycles. The van der Waals surface area contributed by atoms with Gasteiger partial charge in [0.25, 0.3) is 0 Å². The Balaban J connectivity index is 1.86. The van der Waals surface area contributed by atoms with Gasteiger partial charge in [-0.3, -0.25) is 9.59 Å². The van der Waals surface area contributed by atoms with Crippen molar-refractivity contribution in [2.24, 2.45) is 5.92 Å². The predicted molar refractivity (Wildman–Crippen MR) is 96.3 cm³/mol. The van der Waals surface area contributed by atoms with Crippen LogP contribution >= 0.6 is 0 Å². The number of piperidine rings is 1. The van der Waals surface area contributed by atoms with Crippen LogP contribution in [0, 0.1) is 5.92 Å². The van der Waals surface area contributed by atoms with Crippen molar-refractivity contribution >= 4 is 11.8 Å². The van der Waals surface area contributed by atoms with Gasteiger partial charge in [-0.05, 0) is 37.0 Å². The molecule has 2 aliphatic rings. The van der Waals surface area contributed by atoms with Crippen molar-refractivity contribution in [3.63, 3.8) is 0 Å². The molecule has 1 aromatic rings. The molecule has 25 heavy (non-hydrogen) atoms. The number of benzene rings is 1. The highest BCUT2D eigenvalue weighted by molar-refractivity contribution is 5.85. The summed E-state index contributed by atoms with van der Waals surface area (Å²) in [7, 11) is 3.45. The second kappa shape index (κ2) is 7.89. The minimum atomic E-state index is -0.192. The number of likely N-dealkylation sites (tertiary alicyclic amines) is 2. The molecule has 136 valence electrons. The second-order valence-electron chi connectivity index (χ2n) is 7.11. The Hall–Kier alpha value is -2.04. The van der Waals surface area contributed by atoms with Gasteiger partial charge in [0.05, 0.1) is 19.1 Å². The van der Waals surface area contributed by atoms with Crippen LogP contribution in [0.1, 0.15) is 50.1 Å². The first-order valence-electron chi connectivity index (χ1n) is 9.30. The maximum atomic E-state index is 13.2. The fourth-order valence-corrected chi connectivity index (χ4v) is 4.08. The summed E-state index contributed by atoms with van der Waals surface area (Å²) in [6.07, 6.45) is 5.66. The fraction of sp³-hybridized carbons (Fsp3) is 0.600. The highest BCUT2D eigenvalue weighted by Crippen LogP contribution is 2.37. The first-order valence-corrected chi connectivity index (χ1v) is 9.30. The average molecular weight is 344 g/mol. The molecule has 0 bridgehead atoms. The number of carbonyl (C=O) groups is 2. The van der Waals surface area contributed by atoms with Crippen molar-refractivity contribution in [3.05, 3.63) is 29.8 Å². The first-order chi connectivity index (χ1) is 12.1. The van der Waals surface area contributed by atoms with E-state index in [1.165, 1.54) is 12.8 Å². The van der Waals surface area contributed by atoms with Gasteiger partial charge in [-0.25, -0.2) is 0 Å². The Bertz CT molecular complexity index is 606. The van der Waals surface area contributed by atoms with E-state index in [1.807, 2.05) is 36.2 Å². The van der Waals surface area contributed by atoms with Gasteiger partial charge < -0.3 is 14.5 Å². The van der Waals surface area contributed by atoms with Gasteiger partial charge in [-0.1, -0.05) is 25.0 Å². The number of rotatable bonds is 3. The summed E-state index contributed by atoms with van der Waals surface area (Å²) in [5, 5.41) is 0. The molecule has 2 amide bonds. The SMILES string of the molecule is COc1ccc([C@H]2[C@@H](C(=O)N3CCCCCC3)CCC(=O)N2C)cc1. The molecule has 5 nitrogen and oxygen atoms in total. The first kappa shape index (κ1) is 17.8. The number of hydrogen-bond acceptors (Lipinski definition) is 3. The molecule has 0 aromatic heterocycles. The van der Waals surface area contributed by atoms with Crippen LogP contribution in [-0.2, 0) is 9.59 Å². The second-order valence-corrected chi connectivity index (χ2v) is 7.11. The van der Waals surface area contributed by atoms with Crippen LogP contribution in [0.25, 0.3) is 0 Å². The minimum Gasteiger partial charge on any atom is -0.497 e. The lowest BCUT2D eigenvalue weighted by atomic mass is 9.83. The molecule has 0 aliphatic carbocycles. The molecule has 0 radical (unpaired) electrons. The van der Waals surface area contributed by atoms with Gasteiger partial charge in [0.1, 0.15) is 5.75 Å². The van der Waals surface area contributed by atoms with Crippen LogP contribution in [0.3, 0.4) is 0 Å². The van der Waals surface area contributed by atoms with Gasteiger partial charge in [-0.15, -0.1) is 0 Å². The lowest BCUT2D eigenvalue weighted by Crippen LogP contribution is -2.47. The standard InChI is InChI=1S/C20H28N2O3/c1-21-18(23)12-11-17(20(24)22-13-5-3-4-6-14-22)19(21)15-7-9-16(25-2)10-8-15/h7-10,17,19H,3-6,11-14H2,1-2H3/t17-,19-/m0/s1. The molecular weight excluding hydrogens is 316 g/mol. The van der Waals surface area contributed by atoms with Crippen LogP contribution in [-0.4, -0.2) is 48.9 Å². The summed E-state index contributed by atoms with van der Waals surface area (Å²) in [5.74, 6) is 0.945. The average Bonchev–Trinajstić information content (AvgIpc) is 2.93. The fourth-order valence-electron chi connectivity index (χ4n) is 4.08. The Labute approximate surface area is 149 Å². The van der Waals surface area contributed by atoms with E-state index in [2.05, 4.69) is 0 Å². The normalized spacial score (nSPS) is 24.8. The Kier molecular flexibility index (Phi) is 5.61. The van der Waals surface area contributed by atoms with E-state index < -0.39 is 0 Å². The van der Waals surface area contributed by atoms with Crippen LogP contribution in [0.4, 0.5) is 0 Å². The molecule has 5 heteroatoms. The molecular formula is C20H28N2O3. The maximum absolute atomic E-state index is 13.2. The molecule has 0 unspecified atom stereocenters. The molecule has 2 atom stereocenters. The van der Waals surface area contributed by atoms with Gasteiger partial charge in [0, 0.05) is 26.6 Å². The number of methoxy groups -OCH3 is 1. The zero-order valence-electron chi connectivity index (χ0n) is 15.2. The van der Waals surface area contributed by atoms with Gasteiger partial charge in [0.15, 0.2) is 0 Å². The van der Waals surface area contributed by atoms with E-state index in [4.69, 9.17) is 4.74 Å². The summed E-state index contributed by atoms with van der Waals surface area (Å²) in [6, 6.07) is 7.55. The molecule has 0 N–H and O–H groups in total. The van der Waals surface area contributed by atoms with Gasteiger partial charge in [-0.2, -0.15) is 0 Å². The van der Waals surface area contributed by atoms with Crippen molar-refractivity contribution in [3.8, 4) is 5.75 Å². The predicted octanol–water partition coefficient (Wildman–Crippen LogP) is 3.01. The third kappa shape index (κ3) is 3.80. The molecule has 2 heterocycles. The van der Waals surface area contributed by atoms with Crippen molar-refractivity contribution in [2.45, 2.75) is 44.6 Å². The van der Waals surface area contributed by atoms with Crippen LogP contribution in [0.5, 0.6) is 5.75 Å². The maximum Gasteiger partial charge on any atom is 0.228 e. The van der Waals surface area contributed by atoms with E-state index in [0.29, 0.717) is 12.8 Å². The van der Waals surface area contributed by atoms with Gasteiger partial charge >= 0.3 is 0 Å². The summed E-state index contributed by atoms with van der Waals surface area (Å²) < 4.78 is 5.23. The Morgan fingerprint density at radius 1 is 1.08 bits per heavy atom. The molecule has 2 aliphatic heterocycles. The third-order valence-electron chi connectivity index (χ3n) is 5.55. The lowest BCUT2D eigenvalue weighted by molar-refractivity contribution is -0.146. The quantitative estimate of drug-likeness (QED) is 0.847. The zero-order valence-corrected chi connectivity index (χ0v) is 15.2. The van der Waals surface area contributed by atoms with Crippen LogP contribution < -0.4 is 4.74 Å².